The molecule has 1 aliphatic heterocycles. The summed E-state index contributed by atoms with van der Waals surface area (Å²) in [4.78, 5) is 25.7. The predicted octanol–water partition coefficient (Wildman–Crippen LogP) is 2.48. The molecule has 114 valence electrons. The number of hydrogen-bond donors (Lipinski definition) is 1. The Labute approximate surface area is 129 Å². The fraction of sp³-hybridized carbons (Fsp3) is 0.467. The van der Waals surface area contributed by atoms with Crippen LogP contribution in [-0.4, -0.2) is 36.0 Å². The van der Waals surface area contributed by atoms with Crippen LogP contribution in [0.4, 0.5) is 5.69 Å². The van der Waals surface area contributed by atoms with Crippen molar-refractivity contribution in [1.82, 2.24) is 4.90 Å². The maximum Gasteiger partial charge on any atom is 0.338 e. The van der Waals surface area contributed by atoms with Crippen LogP contribution in [0, 0.1) is 0 Å². The third kappa shape index (κ3) is 3.88. The summed E-state index contributed by atoms with van der Waals surface area (Å²) in [5.74, 6) is -0.728. The van der Waals surface area contributed by atoms with Crippen molar-refractivity contribution in [2.45, 2.75) is 32.2 Å². The summed E-state index contributed by atoms with van der Waals surface area (Å²) in [6.07, 6.45) is 3.12. The minimum absolute atomic E-state index is 0.155. The van der Waals surface area contributed by atoms with E-state index in [1.165, 1.54) is 18.2 Å². The zero-order valence-corrected chi connectivity index (χ0v) is 12.7. The fourth-order valence-corrected chi connectivity index (χ4v) is 2.55. The summed E-state index contributed by atoms with van der Waals surface area (Å²) in [5, 5.41) is 0.379. The van der Waals surface area contributed by atoms with E-state index in [0.29, 0.717) is 10.7 Å². The number of anilines is 1. The lowest BCUT2D eigenvalue weighted by atomic mass is 10.0. The lowest BCUT2D eigenvalue weighted by molar-refractivity contribution is -0.137. The van der Waals surface area contributed by atoms with Crippen molar-refractivity contribution in [2.24, 2.45) is 0 Å². The molecule has 2 rings (SSSR count). The van der Waals surface area contributed by atoms with E-state index < -0.39 is 5.97 Å². The number of likely N-dealkylation sites (tertiary alicyclic amines) is 1. The number of amides is 1. The zero-order valence-electron chi connectivity index (χ0n) is 12.0. The minimum atomic E-state index is -0.573. The number of benzene rings is 1. The third-order valence-electron chi connectivity index (χ3n) is 3.68. The molecule has 1 aliphatic rings. The van der Waals surface area contributed by atoms with Crippen molar-refractivity contribution in [2.75, 3.05) is 18.9 Å². The van der Waals surface area contributed by atoms with Gasteiger partial charge in [-0.05, 0) is 44.4 Å². The Bertz CT molecular complexity index is 548. The highest BCUT2D eigenvalue weighted by atomic mass is 35.5. The van der Waals surface area contributed by atoms with Gasteiger partial charge in [-0.1, -0.05) is 11.6 Å². The summed E-state index contributed by atoms with van der Waals surface area (Å²) in [7, 11) is 0. The van der Waals surface area contributed by atoms with Gasteiger partial charge in [0.25, 0.3) is 5.91 Å². The number of ether oxygens (including phenoxy) is 1. The minimum Gasteiger partial charge on any atom is -0.452 e. The Kier molecular flexibility index (Phi) is 5.07. The molecule has 1 aromatic rings. The number of hydrogen-bond acceptors (Lipinski definition) is 4. The number of halogens is 1. The largest absolute Gasteiger partial charge is 0.452 e. The van der Waals surface area contributed by atoms with E-state index in [-0.39, 0.29) is 24.1 Å². The van der Waals surface area contributed by atoms with Crippen LogP contribution in [0.2, 0.25) is 5.02 Å². The topological polar surface area (TPSA) is 72.6 Å². The van der Waals surface area contributed by atoms with Gasteiger partial charge in [0, 0.05) is 12.6 Å². The highest BCUT2D eigenvalue weighted by Crippen LogP contribution is 2.20. The molecule has 1 atom stereocenters. The number of carbonyl (C=O) groups excluding carboxylic acids is 2. The summed E-state index contributed by atoms with van der Waals surface area (Å²) >= 11 is 5.79. The van der Waals surface area contributed by atoms with Crippen LogP contribution in [0.3, 0.4) is 0 Å². The van der Waals surface area contributed by atoms with Gasteiger partial charge in [0.15, 0.2) is 6.61 Å². The number of nitrogens with zero attached hydrogens (tertiary/aromatic N) is 1. The first-order chi connectivity index (χ1) is 9.99. The zero-order chi connectivity index (χ0) is 15.4. The molecule has 21 heavy (non-hydrogen) atoms. The second-order valence-electron chi connectivity index (χ2n) is 5.24. The van der Waals surface area contributed by atoms with E-state index >= 15 is 0 Å². The molecule has 1 heterocycles. The molecule has 0 spiro atoms. The molecule has 0 saturated carbocycles. The Hall–Kier alpha value is -1.75. The maximum atomic E-state index is 12.1. The molecule has 1 aromatic carbocycles. The number of nitrogens with two attached hydrogens (primary N) is 1. The van der Waals surface area contributed by atoms with Crippen LogP contribution in [0.25, 0.3) is 0 Å². The van der Waals surface area contributed by atoms with Crippen LogP contribution < -0.4 is 5.73 Å². The summed E-state index contributed by atoms with van der Waals surface area (Å²) < 4.78 is 5.06. The number of nitrogen functional groups attached to an aromatic ring is 1. The summed E-state index contributed by atoms with van der Waals surface area (Å²) in [5.41, 5.74) is 6.23. The van der Waals surface area contributed by atoms with Crippen molar-refractivity contribution in [3.05, 3.63) is 28.8 Å². The van der Waals surface area contributed by atoms with E-state index in [9.17, 15) is 9.59 Å². The van der Waals surface area contributed by atoms with Crippen molar-refractivity contribution in [3.8, 4) is 0 Å². The maximum absolute atomic E-state index is 12.1. The van der Waals surface area contributed by atoms with Crippen LogP contribution in [0.15, 0.2) is 18.2 Å². The molecule has 2 N–H and O–H groups in total. The molecule has 0 unspecified atom stereocenters. The molecular formula is C15H19ClN2O3. The molecule has 1 saturated heterocycles. The van der Waals surface area contributed by atoms with E-state index in [0.717, 1.165) is 25.8 Å². The quantitative estimate of drug-likeness (QED) is 0.687. The normalized spacial score (nSPS) is 18.4. The first-order valence-electron chi connectivity index (χ1n) is 7.00. The van der Waals surface area contributed by atoms with Gasteiger partial charge < -0.3 is 15.4 Å². The molecule has 6 heteroatoms. The number of rotatable bonds is 3. The van der Waals surface area contributed by atoms with Gasteiger partial charge in [0.2, 0.25) is 0 Å². The summed E-state index contributed by atoms with van der Waals surface area (Å²) in [6, 6.07) is 4.70. The van der Waals surface area contributed by atoms with Gasteiger partial charge in [-0.2, -0.15) is 0 Å². The molecular weight excluding hydrogens is 292 g/mol. The standard InChI is InChI=1S/C15H19ClN2O3/c1-10-4-2-3-7-18(10)14(19)9-21-15(20)11-5-6-12(16)13(17)8-11/h5-6,8,10H,2-4,7,9,17H2,1H3/t10-/m1/s1. The average Bonchev–Trinajstić information content (AvgIpc) is 2.47. The van der Waals surface area contributed by atoms with E-state index in [1.54, 1.807) is 4.90 Å². The Morgan fingerprint density at radius 3 is 2.86 bits per heavy atom. The monoisotopic (exact) mass is 310 g/mol. The fourth-order valence-electron chi connectivity index (χ4n) is 2.43. The second-order valence-corrected chi connectivity index (χ2v) is 5.65. The highest BCUT2D eigenvalue weighted by molar-refractivity contribution is 6.33. The van der Waals surface area contributed by atoms with E-state index in [4.69, 9.17) is 22.1 Å². The van der Waals surface area contributed by atoms with Gasteiger partial charge in [-0.25, -0.2) is 4.79 Å². The third-order valence-corrected chi connectivity index (χ3v) is 4.03. The molecule has 0 bridgehead atoms. The van der Waals surface area contributed by atoms with Crippen LogP contribution >= 0.6 is 11.6 Å². The molecule has 0 aliphatic carbocycles. The SMILES string of the molecule is C[C@@H]1CCCCN1C(=O)COC(=O)c1ccc(Cl)c(N)c1. The number of esters is 1. The molecule has 5 nitrogen and oxygen atoms in total. The lowest BCUT2D eigenvalue weighted by Crippen LogP contribution is -2.44. The first kappa shape index (κ1) is 15.6. The van der Waals surface area contributed by atoms with E-state index in [1.807, 2.05) is 6.92 Å². The first-order valence-corrected chi connectivity index (χ1v) is 7.38. The number of carbonyl (C=O) groups is 2. The molecule has 0 aromatic heterocycles. The van der Waals surface area contributed by atoms with Gasteiger partial charge in [0.05, 0.1) is 16.3 Å². The van der Waals surface area contributed by atoms with Gasteiger partial charge in [-0.15, -0.1) is 0 Å². The van der Waals surface area contributed by atoms with Crippen LogP contribution in [-0.2, 0) is 9.53 Å². The molecule has 0 radical (unpaired) electrons. The predicted molar refractivity (Wildman–Crippen MR) is 81.2 cm³/mol. The van der Waals surface area contributed by atoms with Crippen molar-refractivity contribution in [3.63, 3.8) is 0 Å². The van der Waals surface area contributed by atoms with Gasteiger partial charge in [0.1, 0.15) is 0 Å². The van der Waals surface area contributed by atoms with Crippen molar-refractivity contribution >= 4 is 29.2 Å². The Morgan fingerprint density at radius 2 is 2.19 bits per heavy atom. The van der Waals surface area contributed by atoms with E-state index in [2.05, 4.69) is 0 Å². The van der Waals surface area contributed by atoms with Gasteiger partial charge in [-0.3, -0.25) is 4.79 Å². The van der Waals surface area contributed by atoms with Gasteiger partial charge >= 0.3 is 5.97 Å². The molecule has 1 fully saturated rings. The van der Waals surface area contributed by atoms with Crippen LogP contribution in [0.5, 0.6) is 0 Å². The second kappa shape index (κ2) is 6.80. The Morgan fingerprint density at radius 1 is 1.43 bits per heavy atom. The number of piperidine rings is 1. The highest BCUT2D eigenvalue weighted by Gasteiger charge is 2.24. The summed E-state index contributed by atoms with van der Waals surface area (Å²) in [6.45, 7) is 2.50. The van der Waals surface area contributed by atoms with Crippen molar-refractivity contribution in [1.29, 1.82) is 0 Å². The lowest BCUT2D eigenvalue weighted by Gasteiger charge is -2.33. The molecule has 1 amide bonds. The van der Waals surface area contributed by atoms with Crippen molar-refractivity contribution < 1.29 is 14.3 Å². The smallest absolute Gasteiger partial charge is 0.338 e. The average molecular weight is 311 g/mol. The Balaban J connectivity index is 1.91. The van der Waals surface area contributed by atoms with Crippen LogP contribution in [0.1, 0.15) is 36.5 Å².